The van der Waals surface area contributed by atoms with Gasteiger partial charge in [0.2, 0.25) is 5.88 Å². The summed E-state index contributed by atoms with van der Waals surface area (Å²) < 4.78 is 7.35. The van der Waals surface area contributed by atoms with Crippen molar-refractivity contribution >= 4 is 11.6 Å². The topological polar surface area (TPSA) is 81.9 Å². The molecule has 3 rings (SSSR count). The highest BCUT2D eigenvalue weighted by Crippen LogP contribution is 2.22. The fraction of sp³-hybridized carbons (Fsp3) is 0.222. The third-order valence-electron chi connectivity index (χ3n) is 3.63. The van der Waals surface area contributed by atoms with Gasteiger partial charge in [0.15, 0.2) is 5.82 Å². The summed E-state index contributed by atoms with van der Waals surface area (Å²) in [7, 11) is 0. The monoisotopic (exact) mass is 337 g/mol. The van der Waals surface area contributed by atoms with E-state index in [1.54, 1.807) is 24.7 Å². The van der Waals surface area contributed by atoms with Gasteiger partial charge in [0.05, 0.1) is 6.61 Å². The van der Waals surface area contributed by atoms with E-state index in [1.165, 1.54) is 0 Å². The van der Waals surface area contributed by atoms with Crippen LogP contribution in [0.4, 0.5) is 5.69 Å². The second-order valence-electron chi connectivity index (χ2n) is 5.26. The minimum atomic E-state index is -0.273. The summed E-state index contributed by atoms with van der Waals surface area (Å²) in [6.07, 6.45) is 3.28. The normalized spacial score (nSPS) is 10.5. The molecule has 2 heterocycles. The Kier molecular flexibility index (Phi) is 5.03. The van der Waals surface area contributed by atoms with E-state index in [2.05, 4.69) is 20.5 Å². The van der Waals surface area contributed by atoms with E-state index in [-0.39, 0.29) is 5.91 Å². The van der Waals surface area contributed by atoms with E-state index in [4.69, 9.17) is 4.74 Å². The summed E-state index contributed by atoms with van der Waals surface area (Å²) in [5.41, 5.74) is 1.94. The molecule has 0 fully saturated rings. The van der Waals surface area contributed by atoms with Gasteiger partial charge in [-0.05, 0) is 38.1 Å². The van der Waals surface area contributed by atoms with Gasteiger partial charge in [0.1, 0.15) is 11.9 Å². The largest absolute Gasteiger partial charge is 0.477 e. The van der Waals surface area contributed by atoms with E-state index in [0.29, 0.717) is 23.7 Å². The van der Waals surface area contributed by atoms with Crippen molar-refractivity contribution in [3.05, 3.63) is 54.5 Å². The highest BCUT2D eigenvalue weighted by Gasteiger charge is 2.14. The zero-order valence-electron chi connectivity index (χ0n) is 14.1. The quantitative estimate of drug-likeness (QED) is 0.748. The first-order chi connectivity index (χ1) is 12.2. The van der Waals surface area contributed by atoms with Crippen LogP contribution in [0.15, 0.2) is 48.9 Å². The number of pyridine rings is 1. The smallest absolute Gasteiger partial charge is 0.261 e. The maximum atomic E-state index is 12.6. The summed E-state index contributed by atoms with van der Waals surface area (Å²) in [4.78, 5) is 16.7. The molecule has 7 heteroatoms. The van der Waals surface area contributed by atoms with E-state index in [9.17, 15) is 4.79 Å². The second-order valence-corrected chi connectivity index (χ2v) is 5.26. The fourth-order valence-electron chi connectivity index (χ4n) is 2.46. The lowest BCUT2D eigenvalue weighted by Crippen LogP contribution is -2.14. The number of amides is 1. The molecule has 0 atom stereocenters. The predicted octanol–water partition coefficient (Wildman–Crippen LogP) is 3.01. The molecule has 7 nitrogen and oxygen atoms in total. The third-order valence-corrected chi connectivity index (χ3v) is 3.63. The zero-order chi connectivity index (χ0) is 17.6. The van der Waals surface area contributed by atoms with Gasteiger partial charge < -0.3 is 14.6 Å². The van der Waals surface area contributed by atoms with Crippen molar-refractivity contribution in [1.29, 1.82) is 0 Å². The van der Waals surface area contributed by atoms with Crippen molar-refractivity contribution in [2.75, 3.05) is 11.9 Å². The molecule has 25 heavy (non-hydrogen) atoms. The Morgan fingerprint density at radius 3 is 2.92 bits per heavy atom. The van der Waals surface area contributed by atoms with E-state index < -0.39 is 0 Å². The van der Waals surface area contributed by atoms with Gasteiger partial charge in [-0.3, -0.25) is 4.79 Å². The molecule has 3 aromatic rings. The number of benzene rings is 1. The average Bonchev–Trinajstić information content (AvgIpc) is 3.11. The standard InChI is InChI=1S/C18H19N5O2/c1-3-23-12-20-22-16(23)13-7-5-8-14(11-13)21-17(24)15-9-6-10-19-18(15)25-4-2/h5-12H,3-4H2,1-2H3,(H,21,24). The Bertz CT molecular complexity index is 875. The molecule has 0 spiro atoms. The molecular formula is C18H19N5O2. The number of aromatic nitrogens is 4. The van der Waals surface area contributed by atoms with Crippen LogP contribution >= 0.6 is 0 Å². The van der Waals surface area contributed by atoms with Crippen molar-refractivity contribution in [3.8, 4) is 17.3 Å². The van der Waals surface area contributed by atoms with Crippen LogP contribution in [0.1, 0.15) is 24.2 Å². The first-order valence-corrected chi connectivity index (χ1v) is 8.10. The Hall–Kier alpha value is -3.22. The SMILES string of the molecule is CCOc1ncccc1C(=O)Nc1cccc(-c2nncn2CC)c1. The van der Waals surface area contributed by atoms with Crippen LogP contribution < -0.4 is 10.1 Å². The minimum absolute atomic E-state index is 0.273. The summed E-state index contributed by atoms with van der Waals surface area (Å²) in [6.45, 7) is 5.09. The Labute approximate surface area is 145 Å². The number of hydrogen-bond acceptors (Lipinski definition) is 5. The first kappa shape index (κ1) is 16.6. The van der Waals surface area contributed by atoms with Gasteiger partial charge in [-0.15, -0.1) is 10.2 Å². The number of nitrogens with zero attached hydrogens (tertiary/aromatic N) is 4. The predicted molar refractivity (Wildman–Crippen MR) is 94.5 cm³/mol. The van der Waals surface area contributed by atoms with Gasteiger partial charge in [0, 0.05) is 24.0 Å². The number of aryl methyl sites for hydroxylation is 1. The van der Waals surface area contributed by atoms with Crippen LogP contribution in [0.25, 0.3) is 11.4 Å². The minimum Gasteiger partial charge on any atom is -0.477 e. The van der Waals surface area contributed by atoms with Crippen LogP contribution in [0, 0.1) is 0 Å². The van der Waals surface area contributed by atoms with Crippen molar-refractivity contribution in [2.45, 2.75) is 20.4 Å². The molecule has 0 aliphatic carbocycles. The molecule has 1 amide bonds. The number of nitrogens with one attached hydrogen (secondary N) is 1. The molecule has 128 valence electrons. The molecule has 0 aliphatic rings. The highest BCUT2D eigenvalue weighted by atomic mass is 16.5. The lowest BCUT2D eigenvalue weighted by molar-refractivity contribution is 0.102. The molecule has 0 saturated carbocycles. The van der Waals surface area contributed by atoms with Crippen LogP contribution in [-0.4, -0.2) is 32.3 Å². The molecule has 0 bridgehead atoms. The molecule has 2 aromatic heterocycles. The second kappa shape index (κ2) is 7.57. The fourth-order valence-corrected chi connectivity index (χ4v) is 2.46. The van der Waals surface area contributed by atoms with Gasteiger partial charge in [-0.1, -0.05) is 12.1 Å². The maximum Gasteiger partial charge on any atom is 0.261 e. The number of ether oxygens (including phenoxy) is 1. The van der Waals surface area contributed by atoms with Crippen molar-refractivity contribution in [2.24, 2.45) is 0 Å². The van der Waals surface area contributed by atoms with Crippen LogP contribution in [0.2, 0.25) is 0 Å². The summed E-state index contributed by atoms with van der Waals surface area (Å²) in [5, 5.41) is 11.0. The Balaban J connectivity index is 1.84. The average molecular weight is 337 g/mol. The number of carbonyl (C=O) groups excluding carboxylic acids is 1. The molecule has 0 aliphatic heterocycles. The van der Waals surface area contributed by atoms with E-state index in [0.717, 1.165) is 17.9 Å². The molecule has 0 unspecified atom stereocenters. The van der Waals surface area contributed by atoms with Crippen molar-refractivity contribution in [3.63, 3.8) is 0 Å². The molecule has 1 N–H and O–H groups in total. The van der Waals surface area contributed by atoms with Gasteiger partial charge in [0.25, 0.3) is 5.91 Å². The number of carbonyl (C=O) groups is 1. The van der Waals surface area contributed by atoms with Gasteiger partial charge >= 0.3 is 0 Å². The summed E-state index contributed by atoms with van der Waals surface area (Å²) in [5.74, 6) is 0.810. The van der Waals surface area contributed by atoms with Crippen molar-refractivity contribution < 1.29 is 9.53 Å². The van der Waals surface area contributed by atoms with Gasteiger partial charge in [-0.2, -0.15) is 0 Å². The number of rotatable bonds is 6. The van der Waals surface area contributed by atoms with Crippen LogP contribution in [-0.2, 0) is 6.54 Å². The summed E-state index contributed by atoms with van der Waals surface area (Å²) >= 11 is 0. The van der Waals surface area contributed by atoms with E-state index in [1.807, 2.05) is 42.7 Å². The zero-order valence-corrected chi connectivity index (χ0v) is 14.1. The molecule has 1 aromatic carbocycles. The molecular weight excluding hydrogens is 318 g/mol. The number of hydrogen-bond donors (Lipinski definition) is 1. The van der Waals surface area contributed by atoms with Crippen LogP contribution in [0.5, 0.6) is 5.88 Å². The number of anilines is 1. The van der Waals surface area contributed by atoms with Gasteiger partial charge in [-0.25, -0.2) is 4.98 Å². The molecule has 0 saturated heterocycles. The lowest BCUT2D eigenvalue weighted by Gasteiger charge is -2.10. The highest BCUT2D eigenvalue weighted by molar-refractivity contribution is 6.06. The Morgan fingerprint density at radius 2 is 2.12 bits per heavy atom. The van der Waals surface area contributed by atoms with E-state index >= 15 is 0 Å². The third kappa shape index (κ3) is 3.65. The first-order valence-electron chi connectivity index (χ1n) is 8.10. The Morgan fingerprint density at radius 1 is 1.24 bits per heavy atom. The van der Waals surface area contributed by atoms with Crippen molar-refractivity contribution in [1.82, 2.24) is 19.7 Å². The maximum absolute atomic E-state index is 12.6. The van der Waals surface area contributed by atoms with Crippen LogP contribution in [0.3, 0.4) is 0 Å². The molecule has 0 radical (unpaired) electrons. The lowest BCUT2D eigenvalue weighted by atomic mass is 10.1. The summed E-state index contributed by atoms with van der Waals surface area (Å²) in [6, 6.07) is 10.9.